The highest BCUT2D eigenvalue weighted by Gasteiger charge is 2.20. The third kappa shape index (κ3) is 2.82. The molecule has 4 rings (SSSR count). The number of anilines is 1. The molecule has 3 heterocycles. The van der Waals surface area contributed by atoms with E-state index in [1.165, 1.54) is 0 Å². The summed E-state index contributed by atoms with van der Waals surface area (Å²) >= 11 is 0. The number of piperazine rings is 1. The number of nitriles is 1. The van der Waals surface area contributed by atoms with Gasteiger partial charge in [-0.2, -0.15) is 5.26 Å². The number of rotatable bonds is 3. The molecule has 0 unspecified atom stereocenters. The van der Waals surface area contributed by atoms with E-state index >= 15 is 0 Å². The van der Waals surface area contributed by atoms with Crippen molar-refractivity contribution in [3.05, 3.63) is 54.0 Å². The first-order valence-corrected chi connectivity index (χ1v) is 8.09. The summed E-state index contributed by atoms with van der Waals surface area (Å²) in [5.74, 6) is 1.79. The zero-order valence-corrected chi connectivity index (χ0v) is 13.3. The van der Waals surface area contributed by atoms with Gasteiger partial charge in [0, 0.05) is 32.4 Å². The standard InChI is InChI=1S/C18H18N6/c19-12-14-4-3-7-20-18(14)24-10-8-23(9-11-24)13-17-21-15-5-1-2-6-16(15)22-17/h1-7H,8-11,13H2,(H,21,22). The van der Waals surface area contributed by atoms with Crippen molar-refractivity contribution in [1.29, 1.82) is 5.26 Å². The van der Waals surface area contributed by atoms with Crippen molar-refractivity contribution in [1.82, 2.24) is 19.9 Å². The van der Waals surface area contributed by atoms with Crippen LogP contribution in [-0.4, -0.2) is 46.0 Å². The number of pyridine rings is 1. The van der Waals surface area contributed by atoms with Gasteiger partial charge in [0.15, 0.2) is 0 Å². The lowest BCUT2D eigenvalue weighted by atomic mass is 10.2. The van der Waals surface area contributed by atoms with Crippen molar-refractivity contribution in [3.8, 4) is 6.07 Å². The van der Waals surface area contributed by atoms with Crippen LogP contribution in [0.5, 0.6) is 0 Å². The molecule has 0 radical (unpaired) electrons. The molecule has 0 aliphatic carbocycles. The van der Waals surface area contributed by atoms with Crippen LogP contribution in [0.25, 0.3) is 11.0 Å². The van der Waals surface area contributed by atoms with Crippen LogP contribution in [-0.2, 0) is 6.54 Å². The molecular weight excluding hydrogens is 300 g/mol. The highest BCUT2D eigenvalue weighted by Crippen LogP contribution is 2.19. The lowest BCUT2D eigenvalue weighted by Crippen LogP contribution is -2.46. The van der Waals surface area contributed by atoms with Crippen molar-refractivity contribution < 1.29 is 0 Å². The Morgan fingerprint density at radius 2 is 1.92 bits per heavy atom. The number of aromatic amines is 1. The van der Waals surface area contributed by atoms with E-state index in [9.17, 15) is 5.26 Å². The van der Waals surface area contributed by atoms with Crippen LogP contribution >= 0.6 is 0 Å². The van der Waals surface area contributed by atoms with E-state index in [1.54, 1.807) is 12.3 Å². The number of imidazole rings is 1. The second-order valence-corrected chi connectivity index (χ2v) is 5.95. The summed E-state index contributed by atoms with van der Waals surface area (Å²) in [5.41, 5.74) is 2.74. The monoisotopic (exact) mass is 318 g/mol. The van der Waals surface area contributed by atoms with Crippen LogP contribution in [0.1, 0.15) is 11.4 Å². The smallest absolute Gasteiger partial charge is 0.146 e. The molecule has 0 saturated carbocycles. The van der Waals surface area contributed by atoms with E-state index in [0.29, 0.717) is 5.56 Å². The molecular formula is C18H18N6. The lowest BCUT2D eigenvalue weighted by molar-refractivity contribution is 0.244. The SMILES string of the molecule is N#Cc1cccnc1N1CCN(Cc2nc3ccccc3[nH]2)CC1. The van der Waals surface area contributed by atoms with Crippen molar-refractivity contribution in [2.75, 3.05) is 31.1 Å². The molecule has 0 spiro atoms. The maximum Gasteiger partial charge on any atom is 0.146 e. The summed E-state index contributed by atoms with van der Waals surface area (Å²) in [6, 6.07) is 14.0. The van der Waals surface area contributed by atoms with E-state index in [-0.39, 0.29) is 0 Å². The summed E-state index contributed by atoms with van der Waals surface area (Å²) in [6.45, 7) is 4.41. The molecule has 1 aromatic carbocycles. The number of nitrogens with zero attached hydrogens (tertiary/aromatic N) is 5. The minimum Gasteiger partial charge on any atom is -0.353 e. The topological polar surface area (TPSA) is 71.8 Å². The first-order valence-electron chi connectivity index (χ1n) is 8.09. The predicted octanol–water partition coefficient (Wildman–Crippen LogP) is 2.15. The molecule has 1 aliphatic heterocycles. The Hall–Kier alpha value is -2.91. The number of fused-ring (bicyclic) bond motifs is 1. The fraction of sp³-hybridized carbons (Fsp3) is 0.278. The van der Waals surface area contributed by atoms with Gasteiger partial charge in [-0.05, 0) is 24.3 Å². The molecule has 0 atom stereocenters. The quantitative estimate of drug-likeness (QED) is 0.801. The number of aromatic nitrogens is 3. The summed E-state index contributed by atoms with van der Waals surface area (Å²) < 4.78 is 0. The molecule has 1 fully saturated rings. The van der Waals surface area contributed by atoms with E-state index in [4.69, 9.17) is 0 Å². The van der Waals surface area contributed by atoms with Gasteiger partial charge >= 0.3 is 0 Å². The molecule has 6 heteroatoms. The van der Waals surface area contributed by atoms with Gasteiger partial charge in [0.05, 0.1) is 23.1 Å². The zero-order chi connectivity index (χ0) is 16.4. The van der Waals surface area contributed by atoms with Crippen LogP contribution in [0.3, 0.4) is 0 Å². The first kappa shape index (κ1) is 14.7. The summed E-state index contributed by atoms with van der Waals surface area (Å²) in [7, 11) is 0. The van der Waals surface area contributed by atoms with Crippen LogP contribution in [0.4, 0.5) is 5.82 Å². The third-order valence-corrected chi connectivity index (χ3v) is 4.39. The normalized spacial score (nSPS) is 15.5. The van der Waals surface area contributed by atoms with Gasteiger partial charge in [0.25, 0.3) is 0 Å². The van der Waals surface area contributed by atoms with Crippen molar-refractivity contribution >= 4 is 16.9 Å². The molecule has 1 aliphatic rings. The van der Waals surface area contributed by atoms with Crippen molar-refractivity contribution in [3.63, 3.8) is 0 Å². The zero-order valence-electron chi connectivity index (χ0n) is 13.3. The molecule has 24 heavy (non-hydrogen) atoms. The van der Waals surface area contributed by atoms with E-state index < -0.39 is 0 Å². The Labute approximate surface area is 140 Å². The second kappa shape index (κ2) is 6.30. The first-order chi connectivity index (χ1) is 11.8. The average molecular weight is 318 g/mol. The number of H-pyrrole nitrogens is 1. The Morgan fingerprint density at radius 3 is 2.71 bits per heavy atom. The van der Waals surface area contributed by atoms with E-state index in [1.807, 2.05) is 30.3 Å². The van der Waals surface area contributed by atoms with Crippen LogP contribution in [0, 0.1) is 11.3 Å². The maximum absolute atomic E-state index is 9.23. The summed E-state index contributed by atoms with van der Waals surface area (Å²) in [4.78, 5) is 17.0. The Morgan fingerprint density at radius 1 is 1.08 bits per heavy atom. The van der Waals surface area contributed by atoms with Gasteiger partial charge in [-0.3, -0.25) is 4.90 Å². The number of hydrogen-bond donors (Lipinski definition) is 1. The molecule has 6 nitrogen and oxygen atoms in total. The molecule has 0 bridgehead atoms. The van der Waals surface area contributed by atoms with Crippen LogP contribution in [0.2, 0.25) is 0 Å². The van der Waals surface area contributed by atoms with Gasteiger partial charge in [-0.1, -0.05) is 12.1 Å². The molecule has 1 N–H and O–H groups in total. The minimum atomic E-state index is 0.642. The molecule has 2 aromatic heterocycles. The Bertz CT molecular complexity index is 853. The Kier molecular flexibility index (Phi) is 3.85. The summed E-state index contributed by atoms with van der Waals surface area (Å²) in [6.07, 6.45) is 1.75. The number of nitrogens with one attached hydrogen (secondary N) is 1. The van der Waals surface area contributed by atoms with Crippen LogP contribution < -0.4 is 4.90 Å². The number of hydrogen-bond acceptors (Lipinski definition) is 5. The fourth-order valence-electron chi connectivity index (χ4n) is 3.15. The second-order valence-electron chi connectivity index (χ2n) is 5.95. The van der Waals surface area contributed by atoms with Crippen molar-refractivity contribution in [2.24, 2.45) is 0 Å². The molecule has 1 saturated heterocycles. The van der Waals surface area contributed by atoms with Crippen molar-refractivity contribution in [2.45, 2.75) is 6.54 Å². The lowest BCUT2D eigenvalue weighted by Gasteiger charge is -2.35. The van der Waals surface area contributed by atoms with E-state index in [2.05, 4.69) is 30.8 Å². The number of benzene rings is 1. The molecule has 3 aromatic rings. The fourth-order valence-corrected chi connectivity index (χ4v) is 3.15. The van der Waals surface area contributed by atoms with Gasteiger partial charge < -0.3 is 9.88 Å². The van der Waals surface area contributed by atoms with Gasteiger partial charge in [-0.25, -0.2) is 9.97 Å². The third-order valence-electron chi connectivity index (χ3n) is 4.39. The van der Waals surface area contributed by atoms with Gasteiger partial charge in [0.1, 0.15) is 17.7 Å². The van der Waals surface area contributed by atoms with Gasteiger partial charge in [-0.15, -0.1) is 0 Å². The molecule has 120 valence electrons. The average Bonchev–Trinajstić information content (AvgIpc) is 3.04. The highest BCUT2D eigenvalue weighted by molar-refractivity contribution is 5.74. The van der Waals surface area contributed by atoms with E-state index in [0.717, 1.165) is 55.4 Å². The Balaban J connectivity index is 1.42. The minimum absolute atomic E-state index is 0.642. The largest absolute Gasteiger partial charge is 0.353 e. The molecule has 0 amide bonds. The highest BCUT2D eigenvalue weighted by atomic mass is 15.3. The van der Waals surface area contributed by atoms with Crippen LogP contribution in [0.15, 0.2) is 42.6 Å². The predicted molar refractivity (Wildman–Crippen MR) is 92.5 cm³/mol. The number of para-hydroxylation sites is 2. The summed E-state index contributed by atoms with van der Waals surface area (Å²) in [5, 5.41) is 9.23. The van der Waals surface area contributed by atoms with Gasteiger partial charge in [0.2, 0.25) is 0 Å². The maximum atomic E-state index is 9.23.